The molecule has 1 nitrogen and oxygen atoms in total. The predicted octanol–water partition coefficient (Wildman–Crippen LogP) is 2.33. The van der Waals surface area contributed by atoms with E-state index in [2.05, 4.69) is 0 Å². The van der Waals surface area contributed by atoms with Crippen LogP contribution in [0.3, 0.4) is 0 Å². The number of hydrogen-bond acceptors (Lipinski definition) is 1. The molecule has 0 saturated heterocycles. The SMILES string of the molecule is CC=[13CH]S(=O)c1ccccc1. The number of benzene rings is 1. The van der Waals surface area contributed by atoms with Crippen molar-refractivity contribution in [2.24, 2.45) is 0 Å². The van der Waals surface area contributed by atoms with E-state index in [0.29, 0.717) is 0 Å². The lowest BCUT2D eigenvalue weighted by Gasteiger charge is -1.92. The minimum atomic E-state index is -0.964. The Labute approximate surface area is 69.2 Å². The van der Waals surface area contributed by atoms with Crippen molar-refractivity contribution in [1.82, 2.24) is 0 Å². The number of allylic oxidation sites excluding steroid dienone is 1. The lowest BCUT2D eigenvalue weighted by Crippen LogP contribution is -1.83. The Balaban J connectivity index is 2.86. The Morgan fingerprint density at radius 1 is 1.27 bits per heavy atom. The van der Waals surface area contributed by atoms with Crippen LogP contribution in [0.4, 0.5) is 0 Å². The second-order valence-corrected chi connectivity index (χ2v) is 3.42. The molecule has 0 aliphatic heterocycles. The highest BCUT2D eigenvalue weighted by molar-refractivity contribution is 7.88. The maximum absolute atomic E-state index is 11.3. The highest BCUT2D eigenvalue weighted by Crippen LogP contribution is 2.05. The van der Waals surface area contributed by atoms with Crippen molar-refractivity contribution in [2.75, 3.05) is 0 Å². The van der Waals surface area contributed by atoms with Gasteiger partial charge in [-0.05, 0) is 19.1 Å². The molecule has 0 aromatic heterocycles. The standard InChI is InChI=1S/C9H10OS/c1-2-8-11(10)9-6-4-3-5-7-9/h2-8H,1H3/i8+1. The summed E-state index contributed by atoms with van der Waals surface area (Å²) in [6.07, 6.45) is 1.79. The molecule has 0 bridgehead atoms. The van der Waals surface area contributed by atoms with Gasteiger partial charge in [0.05, 0.1) is 10.8 Å². The summed E-state index contributed by atoms with van der Waals surface area (Å²) in [5.74, 6) is 0. The van der Waals surface area contributed by atoms with E-state index in [1.807, 2.05) is 37.3 Å². The molecule has 0 N–H and O–H groups in total. The molecule has 0 heterocycles. The van der Waals surface area contributed by atoms with E-state index in [1.54, 1.807) is 11.5 Å². The fourth-order valence-corrected chi connectivity index (χ4v) is 1.59. The van der Waals surface area contributed by atoms with Crippen molar-refractivity contribution < 1.29 is 4.21 Å². The van der Waals surface area contributed by atoms with Crippen LogP contribution in [0.5, 0.6) is 0 Å². The Hall–Kier alpha value is -0.890. The Morgan fingerprint density at radius 2 is 1.91 bits per heavy atom. The molecule has 0 radical (unpaired) electrons. The van der Waals surface area contributed by atoms with Gasteiger partial charge in [-0.15, -0.1) is 0 Å². The summed E-state index contributed by atoms with van der Waals surface area (Å²) in [5.41, 5.74) is 0. The zero-order valence-corrected chi connectivity index (χ0v) is 7.17. The van der Waals surface area contributed by atoms with E-state index in [4.69, 9.17) is 0 Å². The highest BCUT2D eigenvalue weighted by Gasteiger charge is 1.94. The van der Waals surface area contributed by atoms with Crippen LogP contribution < -0.4 is 0 Å². The predicted molar refractivity (Wildman–Crippen MR) is 47.7 cm³/mol. The van der Waals surface area contributed by atoms with E-state index in [0.717, 1.165) is 4.90 Å². The summed E-state index contributed by atoms with van der Waals surface area (Å²) < 4.78 is 11.3. The molecule has 11 heavy (non-hydrogen) atoms. The van der Waals surface area contributed by atoms with Crippen LogP contribution in [0, 0.1) is 0 Å². The van der Waals surface area contributed by atoms with Crippen molar-refractivity contribution in [2.45, 2.75) is 11.8 Å². The van der Waals surface area contributed by atoms with Gasteiger partial charge in [0.1, 0.15) is 0 Å². The van der Waals surface area contributed by atoms with Gasteiger partial charge in [0, 0.05) is 10.3 Å². The monoisotopic (exact) mass is 167 g/mol. The first-order valence-corrected chi connectivity index (χ1v) is 4.64. The second-order valence-electron chi connectivity index (χ2n) is 2.08. The molecule has 0 spiro atoms. The van der Waals surface area contributed by atoms with Crippen LogP contribution in [0.2, 0.25) is 0 Å². The van der Waals surface area contributed by atoms with E-state index < -0.39 is 10.8 Å². The van der Waals surface area contributed by atoms with Crippen molar-refractivity contribution in [1.29, 1.82) is 0 Å². The van der Waals surface area contributed by atoms with Gasteiger partial charge in [0.25, 0.3) is 0 Å². The highest BCUT2D eigenvalue weighted by atomic mass is 32.2. The second kappa shape index (κ2) is 4.09. The molecule has 0 saturated carbocycles. The third-order valence-electron chi connectivity index (χ3n) is 1.24. The summed E-state index contributed by atoms with van der Waals surface area (Å²) in [7, 11) is -0.964. The fourth-order valence-electron chi connectivity index (χ4n) is 0.757. The topological polar surface area (TPSA) is 17.1 Å². The van der Waals surface area contributed by atoms with Gasteiger partial charge in [-0.1, -0.05) is 24.3 Å². The first-order valence-electron chi connectivity index (χ1n) is 3.43. The first-order chi connectivity index (χ1) is 5.34. The average Bonchev–Trinajstić information content (AvgIpc) is 2.07. The van der Waals surface area contributed by atoms with Crippen LogP contribution in [0.15, 0.2) is 46.7 Å². The van der Waals surface area contributed by atoms with Crippen LogP contribution >= 0.6 is 0 Å². The van der Waals surface area contributed by atoms with E-state index >= 15 is 0 Å². The summed E-state index contributed by atoms with van der Waals surface area (Å²) in [4.78, 5) is 0.852. The van der Waals surface area contributed by atoms with Gasteiger partial charge in [-0.25, -0.2) is 4.21 Å². The lowest BCUT2D eigenvalue weighted by atomic mass is 10.4. The zero-order chi connectivity index (χ0) is 8.10. The molecule has 0 amide bonds. The van der Waals surface area contributed by atoms with Gasteiger partial charge in [0.15, 0.2) is 0 Å². The van der Waals surface area contributed by atoms with Gasteiger partial charge in [-0.2, -0.15) is 0 Å². The van der Waals surface area contributed by atoms with Gasteiger partial charge in [-0.3, -0.25) is 0 Å². The van der Waals surface area contributed by atoms with Crippen LogP contribution in [-0.2, 0) is 10.8 Å². The van der Waals surface area contributed by atoms with E-state index in [-0.39, 0.29) is 0 Å². The van der Waals surface area contributed by atoms with Gasteiger partial charge < -0.3 is 0 Å². The summed E-state index contributed by atoms with van der Waals surface area (Å²) >= 11 is 0. The average molecular weight is 167 g/mol. The molecule has 2 heteroatoms. The molecule has 0 aliphatic carbocycles. The van der Waals surface area contributed by atoms with Crippen molar-refractivity contribution >= 4 is 10.8 Å². The normalized spacial score (nSPS) is 13.5. The molecule has 0 fully saturated rings. The zero-order valence-electron chi connectivity index (χ0n) is 6.36. The Bertz CT molecular complexity index is 264. The van der Waals surface area contributed by atoms with Crippen molar-refractivity contribution in [3.8, 4) is 0 Å². The summed E-state index contributed by atoms with van der Waals surface area (Å²) in [5, 5.41) is 1.68. The smallest absolute Gasteiger partial charge is 0.0772 e. The largest absolute Gasteiger partial charge is 0.250 e. The third-order valence-corrected chi connectivity index (χ3v) is 2.49. The third kappa shape index (κ3) is 2.31. The first kappa shape index (κ1) is 8.21. The van der Waals surface area contributed by atoms with E-state index in [1.165, 1.54) is 0 Å². The summed E-state index contributed by atoms with van der Waals surface area (Å²) in [6, 6.07) is 9.40. The molecular formula is C9H10OS. The summed E-state index contributed by atoms with van der Waals surface area (Å²) in [6.45, 7) is 1.86. The molecule has 58 valence electrons. The maximum atomic E-state index is 11.3. The molecule has 0 aliphatic rings. The van der Waals surface area contributed by atoms with Crippen LogP contribution in [0.1, 0.15) is 6.92 Å². The van der Waals surface area contributed by atoms with Crippen molar-refractivity contribution in [3.05, 3.63) is 41.8 Å². The fraction of sp³-hybridized carbons (Fsp3) is 0.111. The minimum Gasteiger partial charge on any atom is -0.250 e. The quantitative estimate of drug-likeness (QED) is 0.618. The lowest BCUT2D eigenvalue weighted by molar-refractivity contribution is 0.688. The Morgan fingerprint density at radius 3 is 2.45 bits per heavy atom. The van der Waals surface area contributed by atoms with Crippen LogP contribution in [-0.4, -0.2) is 4.21 Å². The molecular weight excluding hydrogens is 157 g/mol. The van der Waals surface area contributed by atoms with Crippen molar-refractivity contribution in [3.63, 3.8) is 0 Å². The molecule has 1 atom stereocenters. The van der Waals surface area contributed by atoms with Crippen LogP contribution in [0.25, 0.3) is 0 Å². The number of hydrogen-bond donors (Lipinski definition) is 0. The maximum Gasteiger partial charge on any atom is 0.0772 e. The van der Waals surface area contributed by atoms with Gasteiger partial charge in [0.2, 0.25) is 0 Å². The molecule has 1 aromatic rings. The van der Waals surface area contributed by atoms with Gasteiger partial charge >= 0.3 is 0 Å². The molecule has 1 aromatic carbocycles. The molecule has 1 rings (SSSR count). The number of rotatable bonds is 2. The minimum absolute atomic E-state index is 0.852. The van der Waals surface area contributed by atoms with E-state index in [9.17, 15) is 4.21 Å². The molecule has 1 unspecified atom stereocenters. The Kier molecular flexibility index (Phi) is 3.05.